The van der Waals surface area contributed by atoms with Crippen LogP contribution in [0.1, 0.15) is 32.9 Å². The minimum Gasteiger partial charge on any atom is -0.489 e. The molecule has 0 spiro atoms. The first-order valence-corrected chi connectivity index (χ1v) is 9.31. The van der Waals surface area contributed by atoms with E-state index in [2.05, 4.69) is 21.5 Å². The smallest absolute Gasteiger partial charge is 0.280 e. The van der Waals surface area contributed by atoms with Gasteiger partial charge in [0, 0.05) is 7.05 Å². The van der Waals surface area contributed by atoms with E-state index >= 15 is 0 Å². The van der Waals surface area contributed by atoms with Crippen LogP contribution in [0.2, 0.25) is 0 Å². The maximum atomic E-state index is 12.9. The normalized spacial score (nSPS) is 11.0. The molecule has 2 aromatic heterocycles. The van der Waals surface area contributed by atoms with Crippen molar-refractivity contribution in [1.29, 1.82) is 0 Å². The number of carbonyl (C=O) groups excluding carboxylic acids is 1. The molecule has 0 fully saturated rings. The van der Waals surface area contributed by atoms with Gasteiger partial charge >= 0.3 is 0 Å². The number of ether oxygens (including phenoxy) is 1. The van der Waals surface area contributed by atoms with Gasteiger partial charge in [-0.05, 0) is 56.2 Å². The molecule has 7 nitrogen and oxygen atoms in total. The highest BCUT2D eigenvalue weighted by atomic mass is 16.5. The van der Waals surface area contributed by atoms with Crippen molar-refractivity contribution in [2.75, 3.05) is 5.32 Å². The molecule has 7 heteroatoms. The Hall–Kier alpha value is -3.61. The number of aromatic nitrogens is 3. The van der Waals surface area contributed by atoms with Crippen LogP contribution in [0.5, 0.6) is 5.75 Å². The summed E-state index contributed by atoms with van der Waals surface area (Å²) in [5.41, 5.74) is 4.76. The van der Waals surface area contributed by atoms with Gasteiger partial charge in [-0.3, -0.25) is 10.1 Å². The van der Waals surface area contributed by atoms with Crippen LogP contribution in [-0.2, 0) is 13.7 Å². The molecular weight excluding hydrogens is 368 g/mol. The maximum absolute atomic E-state index is 12.9. The number of nitrogens with zero attached hydrogens (tertiary/aromatic N) is 3. The van der Waals surface area contributed by atoms with Crippen LogP contribution in [0.25, 0.3) is 11.0 Å². The molecule has 2 heterocycles. The largest absolute Gasteiger partial charge is 0.489 e. The van der Waals surface area contributed by atoms with E-state index in [-0.39, 0.29) is 18.2 Å². The molecule has 0 aliphatic carbocycles. The van der Waals surface area contributed by atoms with Crippen molar-refractivity contribution in [3.05, 3.63) is 70.6 Å². The number of amides is 1. The zero-order valence-corrected chi connectivity index (χ0v) is 16.8. The quantitative estimate of drug-likeness (QED) is 0.549. The van der Waals surface area contributed by atoms with E-state index in [1.54, 1.807) is 6.92 Å². The molecule has 0 saturated heterocycles. The molecule has 148 valence electrons. The lowest BCUT2D eigenvalue weighted by molar-refractivity contribution is 0.101. The molecule has 0 saturated carbocycles. The highest BCUT2D eigenvalue weighted by Gasteiger charge is 2.22. The lowest BCUT2D eigenvalue weighted by Gasteiger charge is -2.09. The second-order valence-electron chi connectivity index (χ2n) is 7.12. The van der Waals surface area contributed by atoms with E-state index in [1.807, 2.05) is 61.9 Å². The number of aryl methyl sites for hydroxylation is 4. The van der Waals surface area contributed by atoms with Gasteiger partial charge in [0.1, 0.15) is 18.1 Å². The highest BCUT2D eigenvalue weighted by molar-refractivity contribution is 6.03. The van der Waals surface area contributed by atoms with Crippen molar-refractivity contribution in [1.82, 2.24) is 14.7 Å². The predicted molar refractivity (Wildman–Crippen MR) is 110 cm³/mol. The number of para-hydroxylation sites is 2. The Bertz CT molecular complexity index is 1190. The minimum atomic E-state index is -0.390. The Morgan fingerprint density at radius 3 is 2.59 bits per heavy atom. The molecular formula is C22H22N4O3. The number of nitrogens with one attached hydrogen (secondary N) is 1. The average molecular weight is 390 g/mol. The van der Waals surface area contributed by atoms with Gasteiger partial charge in [0.05, 0.1) is 16.6 Å². The summed E-state index contributed by atoms with van der Waals surface area (Å²) in [5, 5.41) is 6.76. The van der Waals surface area contributed by atoms with Crippen LogP contribution in [0.15, 0.2) is 47.0 Å². The van der Waals surface area contributed by atoms with Gasteiger partial charge < -0.3 is 13.8 Å². The molecule has 29 heavy (non-hydrogen) atoms. The van der Waals surface area contributed by atoms with Crippen LogP contribution in [0, 0.1) is 20.8 Å². The second-order valence-corrected chi connectivity index (χ2v) is 7.12. The number of rotatable bonds is 5. The molecule has 0 radical (unpaired) electrons. The van der Waals surface area contributed by atoms with Crippen molar-refractivity contribution in [3.63, 3.8) is 0 Å². The first-order chi connectivity index (χ1) is 13.9. The summed E-state index contributed by atoms with van der Waals surface area (Å²) in [6.07, 6.45) is 0. The standard InChI is InChI=1S/C22H22N4O3/c1-13-9-14(2)11-16(10-13)28-12-17-15(3)29-25-20(17)21(27)24-22-23-18-7-5-6-8-19(18)26(22)4/h5-11H,12H2,1-4H3,(H,23,24,27). The lowest BCUT2D eigenvalue weighted by atomic mass is 10.1. The van der Waals surface area contributed by atoms with Gasteiger partial charge in [-0.25, -0.2) is 4.98 Å². The number of imidazole rings is 1. The highest BCUT2D eigenvalue weighted by Crippen LogP contribution is 2.22. The molecule has 1 N–H and O–H groups in total. The Balaban J connectivity index is 1.55. The third kappa shape index (κ3) is 3.71. The van der Waals surface area contributed by atoms with Crippen molar-refractivity contribution < 1.29 is 14.1 Å². The van der Waals surface area contributed by atoms with Gasteiger partial charge in [0.2, 0.25) is 5.95 Å². The van der Waals surface area contributed by atoms with Crippen LogP contribution in [-0.4, -0.2) is 20.6 Å². The molecule has 0 bridgehead atoms. The van der Waals surface area contributed by atoms with Crippen molar-refractivity contribution in [2.45, 2.75) is 27.4 Å². The van der Waals surface area contributed by atoms with Gasteiger partial charge in [0.25, 0.3) is 5.91 Å². The number of benzene rings is 2. The summed E-state index contributed by atoms with van der Waals surface area (Å²) in [7, 11) is 1.85. The van der Waals surface area contributed by atoms with E-state index in [4.69, 9.17) is 9.26 Å². The molecule has 1 amide bonds. The fraction of sp³-hybridized carbons (Fsp3) is 0.227. The molecule has 0 aliphatic rings. The van der Waals surface area contributed by atoms with Crippen LogP contribution in [0.3, 0.4) is 0 Å². The Kier molecular flexibility index (Phi) is 4.80. The lowest BCUT2D eigenvalue weighted by Crippen LogP contribution is -2.17. The summed E-state index contributed by atoms with van der Waals surface area (Å²) in [5.74, 6) is 1.34. The molecule has 4 rings (SSSR count). The monoisotopic (exact) mass is 390 g/mol. The molecule has 4 aromatic rings. The first kappa shape index (κ1) is 18.7. The van der Waals surface area contributed by atoms with Crippen LogP contribution in [0.4, 0.5) is 5.95 Å². The third-order valence-corrected chi connectivity index (χ3v) is 4.79. The topological polar surface area (TPSA) is 82.2 Å². The van der Waals surface area contributed by atoms with Crippen molar-refractivity contribution >= 4 is 22.9 Å². The third-order valence-electron chi connectivity index (χ3n) is 4.79. The molecule has 0 unspecified atom stereocenters. The number of hydrogen-bond acceptors (Lipinski definition) is 5. The first-order valence-electron chi connectivity index (χ1n) is 9.31. The number of carbonyl (C=O) groups is 1. The zero-order valence-electron chi connectivity index (χ0n) is 16.8. The Morgan fingerprint density at radius 1 is 1.14 bits per heavy atom. The second kappa shape index (κ2) is 7.43. The maximum Gasteiger partial charge on any atom is 0.280 e. The molecule has 0 atom stereocenters. The van der Waals surface area contributed by atoms with E-state index in [1.165, 1.54) is 0 Å². The average Bonchev–Trinajstić information content (AvgIpc) is 3.20. The van der Waals surface area contributed by atoms with Crippen molar-refractivity contribution in [3.8, 4) is 5.75 Å². The van der Waals surface area contributed by atoms with Crippen LogP contribution < -0.4 is 10.1 Å². The van der Waals surface area contributed by atoms with E-state index in [0.717, 1.165) is 27.9 Å². The summed E-state index contributed by atoms with van der Waals surface area (Å²) in [4.78, 5) is 17.3. The van der Waals surface area contributed by atoms with E-state index in [9.17, 15) is 4.79 Å². The summed E-state index contributed by atoms with van der Waals surface area (Å²) in [6.45, 7) is 5.98. The zero-order chi connectivity index (χ0) is 20.5. The summed E-state index contributed by atoms with van der Waals surface area (Å²) in [6, 6.07) is 13.7. The fourth-order valence-corrected chi connectivity index (χ4v) is 3.33. The van der Waals surface area contributed by atoms with E-state index in [0.29, 0.717) is 17.3 Å². The van der Waals surface area contributed by atoms with Gasteiger partial charge in [0.15, 0.2) is 5.69 Å². The Morgan fingerprint density at radius 2 is 1.86 bits per heavy atom. The van der Waals surface area contributed by atoms with Crippen molar-refractivity contribution in [2.24, 2.45) is 7.05 Å². The number of hydrogen-bond donors (Lipinski definition) is 1. The predicted octanol–water partition coefficient (Wildman–Crippen LogP) is 4.32. The van der Waals surface area contributed by atoms with E-state index < -0.39 is 0 Å². The SMILES string of the molecule is Cc1cc(C)cc(OCc2c(C(=O)Nc3nc4ccccc4n3C)noc2C)c1. The van der Waals surface area contributed by atoms with Gasteiger partial charge in [-0.2, -0.15) is 0 Å². The minimum absolute atomic E-state index is 0.184. The van der Waals surface area contributed by atoms with Crippen LogP contribution >= 0.6 is 0 Å². The summed E-state index contributed by atoms with van der Waals surface area (Å²) >= 11 is 0. The fourth-order valence-electron chi connectivity index (χ4n) is 3.33. The van der Waals surface area contributed by atoms with Gasteiger partial charge in [-0.1, -0.05) is 23.4 Å². The Labute approximate surface area is 168 Å². The number of anilines is 1. The molecule has 0 aliphatic heterocycles. The van der Waals surface area contributed by atoms with Gasteiger partial charge in [-0.15, -0.1) is 0 Å². The number of fused-ring (bicyclic) bond motifs is 1. The molecule has 2 aromatic carbocycles. The summed E-state index contributed by atoms with van der Waals surface area (Å²) < 4.78 is 13.0.